The minimum absolute atomic E-state index is 0.482. The molecule has 2 atom stereocenters. The molecule has 1 saturated heterocycles. The van der Waals surface area contributed by atoms with Crippen molar-refractivity contribution in [1.29, 1.82) is 5.26 Å². The topological polar surface area (TPSA) is 39.5 Å². The van der Waals surface area contributed by atoms with Gasteiger partial charge in [-0.2, -0.15) is 5.26 Å². The summed E-state index contributed by atoms with van der Waals surface area (Å²) < 4.78 is 6.19. The normalized spacial score (nSPS) is 25.4. The van der Waals surface area contributed by atoms with Crippen molar-refractivity contribution in [2.24, 2.45) is 5.92 Å². The summed E-state index contributed by atoms with van der Waals surface area (Å²) in [7, 11) is 0. The molecule has 1 aliphatic carbocycles. The van der Waals surface area contributed by atoms with Gasteiger partial charge in [0.15, 0.2) is 0 Å². The van der Waals surface area contributed by atoms with Gasteiger partial charge in [0.25, 0.3) is 0 Å². The van der Waals surface area contributed by atoms with Gasteiger partial charge in [-0.1, -0.05) is 19.8 Å². The number of nitriles is 1. The molecule has 1 aliphatic heterocycles. The molecule has 2 fully saturated rings. The smallest absolute Gasteiger partial charge is 0.0991 e. The van der Waals surface area contributed by atoms with E-state index in [0.29, 0.717) is 6.10 Å². The maximum absolute atomic E-state index is 8.93. The first kappa shape index (κ1) is 18.2. The minimum Gasteiger partial charge on any atom is -0.377 e. The van der Waals surface area contributed by atoms with Crippen molar-refractivity contribution in [2.45, 2.75) is 45.1 Å². The summed E-state index contributed by atoms with van der Waals surface area (Å²) in [6.07, 6.45) is 6.94. The Hall–Kier alpha value is -1.57. The van der Waals surface area contributed by atoms with Crippen LogP contribution in [-0.4, -0.2) is 50.3 Å². The van der Waals surface area contributed by atoms with Crippen molar-refractivity contribution in [2.75, 3.05) is 44.2 Å². The first-order chi connectivity index (χ1) is 12.3. The van der Waals surface area contributed by atoms with Crippen LogP contribution in [0.2, 0.25) is 0 Å². The van der Waals surface area contributed by atoms with E-state index in [-0.39, 0.29) is 0 Å². The molecular weight excluding hydrogens is 310 g/mol. The summed E-state index contributed by atoms with van der Waals surface area (Å²) in [6, 6.07) is 10.2. The average molecular weight is 341 g/mol. The number of ether oxygens (including phenoxy) is 1. The highest BCUT2D eigenvalue weighted by Gasteiger charge is 2.22. The SMILES string of the molecule is CC1CCCCC1OCCN1CCCN(c2ccc(C#N)cc2)CC1. The van der Waals surface area contributed by atoms with Crippen molar-refractivity contribution >= 4 is 5.69 Å². The Bertz CT molecular complexity index is 565. The van der Waals surface area contributed by atoms with E-state index in [4.69, 9.17) is 10.00 Å². The monoisotopic (exact) mass is 341 g/mol. The van der Waals surface area contributed by atoms with E-state index >= 15 is 0 Å². The third-order valence-corrected chi connectivity index (χ3v) is 5.72. The average Bonchev–Trinajstić information content (AvgIpc) is 2.89. The molecule has 1 aromatic carbocycles. The van der Waals surface area contributed by atoms with Gasteiger partial charge in [-0.3, -0.25) is 4.90 Å². The highest BCUT2D eigenvalue weighted by molar-refractivity contribution is 5.49. The summed E-state index contributed by atoms with van der Waals surface area (Å²) in [4.78, 5) is 4.97. The Morgan fingerprint density at radius 3 is 2.60 bits per heavy atom. The molecule has 0 aromatic heterocycles. The van der Waals surface area contributed by atoms with Gasteiger partial charge in [-0.25, -0.2) is 0 Å². The second kappa shape index (κ2) is 9.22. The number of nitrogens with zero attached hydrogens (tertiary/aromatic N) is 3. The van der Waals surface area contributed by atoms with Gasteiger partial charge < -0.3 is 9.64 Å². The Balaban J connectivity index is 1.42. The van der Waals surface area contributed by atoms with Crippen LogP contribution in [0.1, 0.15) is 44.6 Å². The van der Waals surface area contributed by atoms with E-state index in [9.17, 15) is 0 Å². The molecule has 0 amide bonds. The third-order valence-electron chi connectivity index (χ3n) is 5.72. The van der Waals surface area contributed by atoms with Crippen molar-refractivity contribution in [3.63, 3.8) is 0 Å². The lowest BCUT2D eigenvalue weighted by Gasteiger charge is -2.30. The van der Waals surface area contributed by atoms with Gasteiger partial charge in [0.1, 0.15) is 0 Å². The number of hydrogen-bond acceptors (Lipinski definition) is 4. The molecule has 0 radical (unpaired) electrons. The highest BCUT2D eigenvalue weighted by Crippen LogP contribution is 2.26. The van der Waals surface area contributed by atoms with E-state index < -0.39 is 0 Å². The van der Waals surface area contributed by atoms with Crippen LogP contribution in [0.15, 0.2) is 24.3 Å². The van der Waals surface area contributed by atoms with Gasteiger partial charge in [-0.05, 0) is 56.0 Å². The maximum Gasteiger partial charge on any atom is 0.0991 e. The largest absolute Gasteiger partial charge is 0.377 e. The van der Waals surface area contributed by atoms with Crippen LogP contribution in [0, 0.1) is 17.2 Å². The van der Waals surface area contributed by atoms with Crippen molar-refractivity contribution in [3.8, 4) is 6.07 Å². The summed E-state index contributed by atoms with van der Waals surface area (Å²) in [6.45, 7) is 8.62. The van der Waals surface area contributed by atoms with Crippen LogP contribution in [0.4, 0.5) is 5.69 Å². The fraction of sp³-hybridized carbons (Fsp3) is 0.667. The van der Waals surface area contributed by atoms with Crippen LogP contribution in [0.5, 0.6) is 0 Å². The van der Waals surface area contributed by atoms with Crippen molar-refractivity contribution in [3.05, 3.63) is 29.8 Å². The van der Waals surface area contributed by atoms with Crippen molar-refractivity contribution < 1.29 is 4.74 Å². The van der Waals surface area contributed by atoms with Crippen LogP contribution >= 0.6 is 0 Å². The first-order valence-electron chi connectivity index (χ1n) is 9.85. The fourth-order valence-corrected chi connectivity index (χ4v) is 4.06. The number of anilines is 1. The number of rotatable bonds is 5. The third kappa shape index (κ3) is 5.20. The highest BCUT2D eigenvalue weighted by atomic mass is 16.5. The molecule has 1 aromatic rings. The van der Waals surface area contributed by atoms with E-state index in [0.717, 1.165) is 50.8 Å². The Kier molecular flexibility index (Phi) is 6.72. The van der Waals surface area contributed by atoms with E-state index in [1.807, 2.05) is 12.1 Å². The van der Waals surface area contributed by atoms with Gasteiger partial charge in [0.2, 0.25) is 0 Å². The first-order valence-corrected chi connectivity index (χ1v) is 9.85. The molecule has 1 saturated carbocycles. The van der Waals surface area contributed by atoms with E-state index in [1.165, 1.54) is 37.8 Å². The molecular formula is C21H31N3O. The predicted molar refractivity (Wildman–Crippen MR) is 102 cm³/mol. The lowest BCUT2D eigenvalue weighted by atomic mass is 9.88. The summed E-state index contributed by atoms with van der Waals surface area (Å²) in [5.41, 5.74) is 1.96. The molecule has 4 heteroatoms. The summed E-state index contributed by atoms with van der Waals surface area (Å²) in [5, 5.41) is 8.93. The second-order valence-electron chi connectivity index (χ2n) is 7.51. The molecule has 3 rings (SSSR count). The van der Waals surface area contributed by atoms with Gasteiger partial charge in [0, 0.05) is 31.9 Å². The van der Waals surface area contributed by atoms with E-state index in [1.54, 1.807) is 0 Å². The Morgan fingerprint density at radius 1 is 1.04 bits per heavy atom. The van der Waals surface area contributed by atoms with Crippen LogP contribution < -0.4 is 4.90 Å². The zero-order chi connectivity index (χ0) is 17.5. The molecule has 0 spiro atoms. The molecule has 25 heavy (non-hydrogen) atoms. The Morgan fingerprint density at radius 2 is 1.84 bits per heavy atom. The zero-order valence-electron chi connectivity index (χ0n) is 15.5. The fourth-order valence-electron chi connectivity index (χ4n) is 4.06. The lowest BCUT2D eigenvalue weighted by molar-refractivity contribution is -0.0132. The van der Waals surface area contributed by atoms with Crippen LogP contribution in [0.3, 0.4) is 0 Å². The van der Waals surface area contributed by atoms with E-state index in [2.05, 4.69) is 34.9 Å². The maximum atomic E-state index is 8.93. The lowest BCUT2D eigenvalue weighted by Crippen LogP contribution is -2.34. The number of hydrogen-bond donors (Lipinski definition) is 0. The predicted octanol–water partition coefficient (Wildman–Crippen LogP) is 3.67. The van der Waals surface area contributed by atoms with Crippen molar-refractivity contribution in [1.82, 2.24) is 4.90 Å². The van der Waals surface area contributed by atoms with Gasteiger partial charge in [-0.15, -0.1) is 0 Å². The van der Waals surface area contributed by atoms with Gasteiger partial charge in [0.05, 0.1) is 24.3 Å². The molecule has 2 aliphatic rings. The molecule has 0 bridgehead atoms. The number of benzene rings is 1. The Labute approximate surface area is 152 Å². The second-order valence-corrected chi connectivity index (χ2v) is 7.51. The van der Waals surface area contributed by atoms with Gasteiger partial charge >= 0.3 is 0 Å². The molecule has 0 N–H and O–H groups in total. The standard InChI is InChI=1S/C21H31N3O/c1-18-5-2-3-6-21(18)25-16-15-23-11-4-12-24(14-13-23)20-9-7-19(17-22)8-10-20/h7-10,18,21H,2-6,11-16H2,1H3. The quantitative estimate of drug-likeness (QED) is 0.819. The molecule has 1 heterocycles. The van der Waals surface area contributed by atoms with Crippen LogP contribution in [0.25, 0.3) is 0 Å². The molecule has 136 valence electrons. The molecule has 4 nitrogen and oxygen atoms in total. The zero-order valence-corrected chi connectivity index (χ0v) is 15.5. The minimum atomic E-state index is 0.482. The van der Waals surface area contributed by atoms with Crippen LogP contribution in [-0.2, 0) is 4.74 Å². The molecule has 2 unspecified atom stereocenters. The summed E-state index contributed by atoms with van der Waals surface area (Å²) in [5.74, 6) is 0.727. The summed E-state index contributed by atoms with van der Waals surface area (Å²) >= 11 is 0.